The number of nitrogens with zero attached hydrogens (tertiary/aromatic N) is 6. The number of ether oxygens (including phenoxy) is 2. The molecule has 37 heavy (non-hydrogen) atoms. The highest BCUT2D eigenvalue weighted by molar-refractivity contribution is 6.30. The van der Waals surface area contributed by atoms with Gasteiger partial charge < -0.3 is 20.1 Å². The summed E-state index contributed by atoms with van der Waals surface area (Å²) in [4.78, 5) is 21.3. The van der Waals surface area contributed by atoms with E-state index in [1.54, 1.807) is 6.07 Å². The Bertz CT molecular complexity index is 1380. The van der Waals surface area contributed by atoms with E-state index < -0.39 is 17.5 Å². The van der Waals surface area contributed by atoms with Crippen LogP contribution in [0.5, 0.6) is 11.9 Å². The highest BCUT2D eigenvalue weighted by Gasteiger charge is 2.49. The summed E-state index contributed by atoms with van der Waals surface area (Å²) in [6.45, 7) is 3.93. The summed E-state index contributed by atoms with van der Waals surface area (Å²) in [5, 5.41) is 0.346. The standard InChI is InChI=1S/C24H25Cl2F2N7O2/c1-12(15-7-13(25)9-30-20(15)29)35-5-6-36-22-16-18(17(28)19(26)32-22)31-23(33-21(16)35)37-11-24-3-2-4-34(24)10-14(27)8-24/h7,9,12,14H,2-6,8,10-11H2,1H3,(H2,29,30)/t12-,14-,24+/m1/s1. The van der Waals surface area contributed by atoms with Gasteiger partial charge in [0.05, 0.1) is 23.1 Å². The Labute approximate surface area is 221 Å². The van der Waals surface area contributed by atoms with E-state index in [2.05, 4.69) is 24.8 Å². The molecule has 3 aliphatic rings. The van der Waals surface area contributed by atoms with Crippen LogP contribution in [0.1, 0.15) is 37.8 Å². The van der Waals surface area contributed by atoms with Crippen LogP contribution >= 0.6 is 23.2 Å². The van der Waals surface area contributed by atoms with E-state index in [-0.39, 0.29) is 47.2 Å². The van der Waals surface area contributed by atoms with Crippen molar-refractivity contribution in [3.05, 3.63) is 33.8 Å². The Morgan fingerprint density at radius 1 is 1.30 bits per heavy atom. The molecule has 0 unspecified atom stereocenters. The predicted molar refractivity (Wildman–Crippen MR) is 136 cm³/mol. The van der Waals surface area contributed by atoms with Crippen molar-refractivity contribution in [2.75, 3.05) is 43.5 Å². The number of nitrogen functional groups attached to an aromatic ring is 1. The van der Waals surface area contributed by atoms with Gasteiger partial charge in [0.15, 0.2) is 11.0 Å². The zero-order valence-corrected chi connectivity index (χ0v) is 21.6. The van der Waals surface area contributed by atoms with Crippen LogP contribution < -0.4 is 20.1 Å². The second kappa shape index (κ2) is 9.21. The third kappa shape index (κ3) is 4.17. The lowest BCUT2D eigenvalue weighted by Crippen LogP contribution is -2.43. The molecule has 6 heterocycles. The van der Waals surface area contributed by atoms with Crippen molar-refractivity contribution in [2.45, 2.75) is 43.9 Å². The Kier molecular flexibility index (Phi) is 6.12. The normalized spacial score (nSPS) is 24.1. The minimum Gasteiger partial charge on any atom is -0.475 e. The molecule has 0 saturated carbocycles. The molecule has 196 valence electrons. The highest BCUT2D eigenvalue weighted by Crippen LogP contribution is 2.43. The number of hydrogen-bond donors (Lipinski definition) is 1. The number of hydrogen-bond acceptors (Lipinski definition) is 9. The van der Waals surface area contributed by atoms with Crippen molar-refractivity contribution in [1.29, 1.82) is 0 Å². The van der Waals surface area contributed by atoms with Crippen LogP contribution in [0.15, 0.2) is 12.3 Å². The van der Waals surface area contributed by atoms with E-state index in [1.165, 1.54) is 6.20 Å². The number of pyridine rings is 2. The minimum atomic E-state index is -0.902. The number of aromatic nitrogens is 4. The van der Waals surface area contributed by atoms with E-state index in [0.717, 1.165) is 19.4 Å². The van der Waals surface area contributed by atoms with Crippen LogP contribution in [0.2, 0.25) is 10.2 Å². The fourth-order valence-electron chi connectivity index (χ4n) is 5.79. The van der Waals surface area contributed by atoms with Crippen LogP contribution in [0.25, 0.3) is 10.9 Å². The van der Waals surface area contributed by atoms with Crippen molar-refractivity contribution >= 4 is 45.7 Å². The van der Waals surface area contributed by atoms with E-state index in [0.29, 0.717) is 41.7 Å². The molecular weight excluding hydrogens is 527 g/mol. The number of rotatable bonds is 5. The number of fused-ring (bicyclic) bond motifs is 1. The van der Waals surface area contributed by atoms with Crippen molar-refractivity contribution in [3.63, 3.8) is 0 Å². The smallest absolute Gasteiger partial charge is 0.319 e. The molecule has 3 aromatic rings. The molecule has 0 amide bonds. The molecular formula is C24H25Cl2F2N7O2. The Balaban J connectivity index is 1.44. The third-order valence-corrected chi connectivity index (χ3v) is 8.04. The maximum absolute atomic E-state index is 15.3. The van der Waals surface area contributed by atoms with E-state index in [4.69, 9.17) is 38.4 Å². The third-order valence-electron chi connectivity index (χ3n) is 7.58. The topological polar surface area (TPSA) is 103 Å². The number of alkyl halides is 1. The first-order valence-electron chi connectivity index (χ1n) is 12.1. The number of nitrogens with two attached hydrogens (primary N) is 1. The van der Waals surface area contributed by atoms with Gasteiger partial charge in [0.1, 0.15) is 41.9 Å². The second-order valence-electron chi connectivity index (χ2n) is 9.78. The first-order chi connectivity index (χ1) is 17.8. The molecule has 0 radical (unpaired) electrons. The Morgan fingerprint density at radius 2 is 2.14 bits per heavy atom. The largest absolute Gasteiger partial charge is 0.475 e. The van der Waals surface area contributed by atoms with Gasteiger partial charge in [0.2, 0.25) is 5.88 Å². The first-order valence-corrected chi connectivity index (χ1v) is 12.9. The highest BCUT2D eigenvalue weighted by atomic mass is 35.5. The molecule has 2 saturated heterocycles. The van der Waals surface area contributed by atoms with Gasteiger partial charge in [-0.2, -0.15) is 15.0 Å². The lowest BCUT2D eigenvalue weighted by Gasteiger charge is -2.32. The molecule has 3 aliphatic heterocycles. The van der Waals surface area contributed by atoms with Crippen LogP contribution in [0, 0.1) is 5.82 Å². The number of anilines is 2. The van der Waals surface area contributed by atoms with Gasteiger partial charge in [-0.15, -0.1) is 0 Å². The van der Waals surface area contributed by atoms with Gasteiger partial charge in [-0.05, 0) is 32.4 Å². The van der Waals surface area contributed by atoms with Crippen molar-refractivity contribution in [3.8, 4) is 11.9 Å². The molecule has 3 aromatic heterocycles. The predicted octanol–water partition coefficient (Wildman–Crippen LogP) is 4.36. The summed E-state index contributed by atoms with van der Waals surface area (Å²) >= 11 is 12.3. The van der Waals surface area contributed by atoms with Crippen molar-refractivity contribution < 1.29 is 18.3 Å². The van der Waals surface area contributed by atoms with Crippen LogP contribution in [0.4, 0.5) is 20.4 Å². The molecule has 0 bridgehead atoms. The minimum absolute atomic E-state index is 0.0329. The summed E-state index contributed by atoms with van der Waals surface area (Å²) in [5.74, 6) is -0.00214. The van der Waals surface area contributed by atoms with Gasteiger partial charge in [-0.3, -0.25) is 4.90 Å². The molecule has 13 heteroatoms. The molecule has 9 nitrogen and oxygen atoms in total. The fraction of sp³-hybridized carbons (Fsp3) is 0.500. The Morgan fingerprint density at radius 3 is 2.97 bits per heavy atom. The molecule has 0 aliphatic carbocycles. The van der Waals surface area contributed by atoms with E-state index >= 15 is 4.39 Å². The first kappa shape index (κ1) is 24.6. The summed E-state index contributed by atoms with van der Waals surface area (Å²) in [6, 6.07) is 1.34. The molecule has 0 spiro atoms. The molecule has 6 rings (SSSR count). The summed E-state index contributed by atoms with van der Waals surface area (Å²) in [5.41, 5.74) is 6.36. The van der Waals surface area contributed by atoms with Gasteiger partial charge in [-0.25, -0.2) is 13.8 Å². The van der Waals surface area contributed by atoms with Gasteiger partial charge in [-0.1, -0.05) is 23.2 Å². The average Bonchev–Trinajstić information content (AvgIpc) is 3.33. The maximum Gasteiger partial charge on any atom is 0.319 e. The molecule has 2 N–H and O–H groups in total. The summed E-state index contributed by atoms with van der Waals surface area (Å²) < 4.78 is 41.5. The van der Waals surface area contributed by atoms with E-state index in [9.17, 15) is 4.39 Å². The number of halogens is 4. The quantitative estimate of drug-likeness (QED) is 0.463. The van der Waals surface area contributed by atoms with Crippen LogP contribution in [-0.4, -0.2) is 69.4 Å². The monoisotopic (exact) mass is 551 g/mol. The van der Waals surface area contributed by atoms with Crippen molar-refractivity contribution in [2.24, 2.45) is 0 Å². The van der Waals surface area contributed by atoms with Crippen LogP contribution in [-0.2, 0) is 0 Å². The molecule has 2 fully saturated rings. The zero-order chi connectivity index (χ0) is 25.9. The van der Waals surface area contributed by atoms with Crippen LogP contribution in [0.3, 0.4) is 0 Å². The molecule has 3 atom stereocenters. The average molecular weight is 552 g/mol. The second-order valence-corrected chi connectivity index (χ2v) is 10.6. The lowest BCUT2D eigenvalue weighted by atomic mass is 9.95. The van der Waals surface area contributed by atoms with Gasteiger partial charge in [0.25, 0.3) is 0 Å². The Hall–Kier alpha value is -2.76. The zero-order valence-electron chi connectivity index (χ0n) is 20.1. The maximum atomic E-state index is 15.3. The SMILES string of the molecule is C[C@H](c1cc(Cl)cnc1N)N1CCOc2nc(Cl)c(F)c3nc(OC[C@@]45CCCN4C[C@H](F)C5)nc1c23. The summed E-state index contributed by atoms with van der Waals surface area (Å²) in [7, 11) is 0. The van der Waals surface area contributed by atoms with E-state index in [1.807, 2.05) is 11.8 Å². The summed E-state index contributed by atoms with van der Waals surface area (Å²) in [6.07, 6.45) is 2.75. The molecule has 0 aromatic carbocycles. The lowest BCUT2D eigenvalue weighted by molar-refractivity contribution is 0.107. The fourth-order valence-corrected chi connectivity index (χ4v) is 6.13. The van der Waals surface area contributed by atoms with Gasteiger partial charge >= 0.3 is 6.01 Å². The van der Waals surface area contributed by atoms with Crippen molar-refractivity contribution in [1.82, 2.24) is 24.8 Å². The van der Waals surface area contributed by atoms with Gasteiger partial charge in [0, 0.05) is 24.7 Å².